The standard InChI is InChI=1S/C31H23BrF2N2OS/c1-18-5-8-22(15-19-6-11-24(33)12-7-19)28-27(18)29(21-9-13-25(34)14-10-21)36-30(37)26(38-31(36)35-28)17-20-3-2-4-23(32)16-20/h2-4,6-7,9-18,29H,5,8H2,1H3/b22-15-,26-17+. The van der Waals surface area contributed by atoms with E-state index in [2.05, 4.69) is 28.9 Å². The molecule has 0 spiro atoms. The molecule has 38 heavy (non-hydrogen) atoms. The van der Waals surface area contributed by atoms with Gasteiger partial charge in [0.15, 0.2) is 4.80 Å². The minimum absolute atomic E-state index is 0.114. The summed E-state index contributed by atoms with van der Waals surface area (Å²) in [6, 6.07) is 20.2. The van der Waals surface area contributed by atoms with Gasteiger partial charge in [0, 0.05) is 4.47 Å². The van der Waals surface area contributed by atoms with Crippen LogP contribution >= 0.6 is 27.3 Å². The molecule has 3 aromatic carbocycles. The first-order valence-electron chi connectivity index (χ1n) is 12.4. The highest BCUT2D eigenvalue weighted by Gasteiger charge is 2.35. The molecule has 1 aliphatic carbocycles. The number of halogens is 3. The van der Waals surface area contributed by atoms with Crippen LogP contribution in [0.3, 0.4) is 0 Å². The second kappa shape index (κ2) is 10.0. The Kier molecular flexibility index (Phi) is 6.58. The van der Waals surface area contributed by atoms with E-state index in [1.165, 1.54) is 35.6 Å². The van der Waals surface area contributed by atoms with Crippen LogP contribution in [0.4, 0.5) is 8.78 Å². The average Bonchev–Trinajstić information content (AvgIpc) is 3.21. The topological polar surface area (TPSA) is 34.4 Å². The molecule has 0 N–H and O–H groups in total. The van der Waals surface area contributed by atoms with Gasteiger partial charge in [0.1, 0.15) is 11.6 Å². The van der Waals surface area contributed by atoms with E-state index in [-0.39, 0.29) is 23.1 Å². The first-order valence-corrected chi connectivity index (χ1v) is 14.0. The van der Waals surface area contributed by atoms with E-state index in [1.54, 1.807) is 28.8 Å². The molecule has 2 unspecified atom stereocenters. The summed E-state index contributed by atoms with van der Waals surface area (Å²) in [5, 5.41) is 0. The van der Waals surface area contributed by atoms with E-state index < -0.39 is 6.04 Å². The summed E-state index contributed by atoms with van der Waals surface area (Å²) in [5.41, 5.74) is 5.53. The van der Waals surface area contributed by atoms with Crippen LogP contribution in [0.2, 0.25) is 0 Å². The fourth-order valence-electron chi connectivity index (χ4n) is 5.25. The van der Waals surface area contributed by atoms with E-state index >= 15 is 0 Å². The Hall–Kier alpha value is -3.42. The minimum Gasteiger partial charge on any atom is -0.272 e. The number of hydrogen-bond donors (Lipinski definition) is 0. The lowest BCUT2D eigenvalue weighted by Crippen LogP contribution is -2.40. The maximum absolute atomic E-state index is 13.9. The SMILES string of the molecule is CC1CC/C(=C/c2ccc(F)cc2)C2=C1C(c1ccc(F)cc1)n1c(s/c(=C/c3cccc(Br)c3)c1=O)=N2. The quantitative estimate of drug-likeness (QED) is 0.260. The Bertz CT molecular complexity index is 1780. The average molecular weight is 590 g/mol. The van der Waals surface area contributed by atoms with Crippen molar-refractivity contribution in [1.82, 2.24) is 4.57 Å². The van der Waals surface area contributed by atoms with E-state index in [0.29, 0.717) is 9.33 Å². The number of aromatic nitrogens is 1. The van der Waals surface area contributed by atoms with Gasteiger partial charge in [-0.2, -0.15) is 0 Å². The van der Waals surface area contributed by atoms with Crippen LogP contribution in [-0.2, 0) is 0 Å². The van der Waals surface area contributed by atoms with E-state index in [1.807, 2.05) is 30.3 Å². The second-order valence-corrected chi connectivity index (χ2v) is 11.6. The van der Waals surface area contributed by atoms with Gasteiger partial charge in [0.25, 0.3) is 5.56 Å². The van der Waals surface area contributed by atoms with Crippen molar-refractivity contribution in [3.05, 3.63) is 142 Å². The minimum atomic E-state index is -0.390. The Labute approximate surface area is 230 Å². The molecular formula is C31H23BrF2N2OS. The summed E-state index contributed by atoms with van der Waals surface area (Å²) in [4.78, 5) is 19.5. The van der Waals surface area contributed by atoms with Gasteiger partial charge < -0.3 is 0 Å². The third kappa shape index (κ3) is 4.65. The molecule has 6 rings (SSSR count). The highest BCUT2D eigenvalue weighted by atomic mass is 79.9. The van der Waals surface area contributed by atoms with Gasteiger partial charge in [0.2, 0.25) is 0 Å². The number of allylic oxidation sites excluding steroid dienone is 2. The van der Waals surface area contributed by atoms with Crippen LogP contribution in [0.5, 0.6) is 0 Å². The maximum atomic E-state index is 13.9. The van der Waals surface area contributed by atoms with E-state index in [4.69, 9.17) is 4.99 Å². The van der Waals surface area contributed by atoms with Crippen LogP contribution in [0, 0.1) is 17.6 Å². The lowest BCUT2D eigenvalue weighted by Gasteiger charge is -2.34. The van der Waals surface area contributed by atoms with Gasteiger partial charge >= 0.3 is 0 Å². The number of nitrogens with zero attached hydrogens (tertiary/aromatic N) is 2. The molecule has 2 aliphatic rings. The van der Waals surface area contributed by atoms with Crippen molar-refractivity contribution in [2.24, 2.45) is 10.9 Å². The molecule has 7 heteroatoms. The summed E-state index contributed by atoms with van der Waals surface area (Å²) in [6.45, 7) is 2.16. The highest BCUT2D eigenvalue weighted by Crippen LogP contribution is 2.44. The van der Waals surface area contributed by atoms with Crippen molar-refractivity contribution >= 4 is 39.4 Å². The van der Waals surface area contributed by atoms with Gasteiger partial charge in [-0.25, -0.2) is 13.8 Å². The number of rotatable bonds is 3. The van der Waals surface area contributed by atoms with E-state index in [9.17, 15) is 13.6 Å². The molecule has 3 nitrogen and oxygen atoms in total. The summed E-state index contributed by atoms with van der Waals surface area (Å²) in [6.07, 6.45) is 5.66. The zero-order valence-corrected chi connectivity index (χ0v) is 22.9. The zero-order valence-electron chi connectivity index (χ0n) is 20.5. The Morgan fingerprint density at radius 2 is 1.68 bits per heavy atom. The third-order valence-corrected chi connectivity index (χ3v) is 8.57. The van der Waals surface area contributed by atoms with Crippen molar-refractivity contribution in [3.8, 4) is 0 Å². The summed E-state index contributed by atoms with van der Waals surface area (Å²) in [5.74, 6) is -0.426. The summed E-state index contributed by atoms with van der Waals surface area (Å²) in [7, 11) is 0. The van der Waals surface area contributed by atoms with Crippen LogP contribution in [0.15, 0.2) is 104 Å². The molecule has 0 saturated carbocycles. The second-order valence-electron chi connectivity index (χ2n) is 9.65. The van der Waals surface area contributed by atoms with Crippen molar-refractivity contribution in [2.75, 3.05) is 0 Å². The van der Waals surface area contributed by atoms with Gasteiger partial charge in [-0.05, 0) is 95.1 Å². The van der Waals surface area contributed by atoms with Crippen molar-refractivity contribution < 1.29 is 8.78 Å². The molecule has 1 aliphatic heterocycles. The molecule has 0 fully saturated rings. The van der Waals surface area contributed by atoms with Gasteiger partial charge in [-0.15, -0.1) is 0 Å². The van der Waals surface area contributed by atoms with Crippen LogP contribution < -0.4 is 14.9 Å². The molecule has 0 bridgehead atoms. The number of thiazole rings is 1. The smallest absolute Gasteiger partial charge is 0.271 e. The molecule has 4 aromatic rings. The maximum Gasteiger partial charge on any atom is 0.271 e. The third-order valence-electron chi connectivity index (χ3n) is 7.10. The molecule has 2 atom stereocenters. The molecule has 0 amide bonds. The first-order chi connectivity index (χ1) is 18.4. The molecular weight excluding hydrogens is 566 g/mol. The van der Waals surface area contributed by atoms with Gasteiger partial charge in [0.05, 0.1) is 16.3 Å². The van der Waals surface area contributed by atoms with Crippen molar-refractivity contribution in [1.29, 1.82) is 0 Å². The number of fused-ring (bicyclic) bond motifs is 1. The van der Waals surface area contributed by atoms with Gasteiger partial charge in [-0.3, -0.25) is 9.36 Å². The molecule has 1 aromatic heterocycles. The predicted molar refractivity (Wildman–Crippen MR) is 151 cm³/mol. The molecule has 0 radical (unpaired) electrons. The Morgan fingerprint density at radius 3 is 2.39 bits per heavy atom. The van der Waals surface area contributed by atoms with Crippen LogP contribution in [-0.4, -0.2) is 4.57 Å². The lowest BCUT2D eigenvalue weighted by molar-refractivity contribution is 0.476. The van der Waals surface area contributed by atoms with Crippen LogP contribution in [0.1, 0.15) is 42.5 Å². The van der Waals surface area contributed by atoms with Crippen molar-refractivity contribution in [2.45, 2.75) is 25.8 Å². The fraction of sp³-hybridized carbons (Fsp3) is 0.161. The number of hydrogen-bond acceptors (Lipinski definition) is 3. The highest BCUT2D eigenvalue weighted by molar-refractivity contribution is 9.10. The molecule has 190 valence electrons. The fourth-order valence-corrected chi connectivity index (χ4v) is 6.67. The first kappa shape index (κ1) is 24.9. The Morgan fingerprint density at radius 1 is 0.974 bits per heavy atom. The zero-order chi connectivity index (χ0) is 26.4. The van der Waals surface area contributed by atoms with E-state index in [0.717, 1.165) is 50.8 Å². The van der Waals surface area contributed by atoms with Crippen LogP contribution in [0.25, 0.3) is 12.2 Å². The molecule has 0 saturated heterocycles. The van der Waals surface area contributed by atoms with Crippen molar-refractivity contribution in [3.63, 3.8) is 0 Å². The predicted octanol–water partition coefficient (Wildman–Crippen LogP) is 6.77. The molecule has 2 heterocycles. The summed E-state index contributed by atoms with van der Waals surface area (Å²) < 4.78 is 30.7. The lowest BCUT2D eigenvalue weighted by atomic mass is 9.77. The number of benzene rings is 3. The Balaban J connectivity index is 1.60. The summed E-state index contributed by atoms with van der Waals surface area (Å²) >= 11 is 4.86. The monoisotopic (exact) mass is 588 g/mol. The normalized spacial score (nSPS) is 20.3. The largest absolute Gasteiger partial charge is 0.272 e. The van der Waals surface area contributed by atoms with Gasteiger partial charge in [-0.1, -0.05) is 70.6 Å².